The summed E-state index contributed by atoms with van der Waals surface area (Å²) in [6.45, 7) is 23.2. The minimum absolute atomic E-state index is 0.00790. The van der Waals surface area contributed by atoms with Gasteiger partial charge < -0.3 is 9.53 Å². The molecule has 0 aliphatic heterocycles. The summed E-state index contributed by atoms with van der Waals surface area (Å²) in [7, 11) is -7.79. The fourth-order valence-electron chi connectivity index (χ4n) is 2.93. The van der Waals surface area contributed by atoms with Gasteiger partial charge in [0.2, 0.25) is 0 Å². The summed E-state index contributed by atoms with van der Waals surface area (Å²) in [4.78, 5) is 0. The lowest BCUT2D eigenvalue weighted by Gasteiger charge is -2.40. The second-order valence-corrected chi connectivity index (χ2v) is 24.8. The number of nitrogens with two attached hydrogens (primary N) is 1. The van der Waals surface area contributed by atoms with E-state index in [0.29, 0.717) is 5.69 Å². The summed E-state index contributed by atoms with van der Waals surface area (Å²) in [5.41, 5.74) is -0.119. The highest BCUT2D eigenvalue weighted by Gasteiger charge is 2.42. The number of aromatic nitrogens is 2. The Hall–Kier alpha value is -1.15. The minimum Gasteiger partial charge on any atom is -0.413 e. The van der Waals surface area contributed by atoms with Crippen LogP contribution in [0, 0.1) is 0 Å². The fraction of sp³-hybridized carbons (Fsp3) is 0.625. The SMILES string of the molecule is CC(O)(CO[Si](C)(C)C(C)(C)C)c1cc([SH](N)(=O)N[Si](C)(C)C(C)(C)C)nn1-c1ccccc1. The van der Waals surface area contributed by atoms with Gasteiger partial charge in [0.25, 0.3) is 0 Å². The number of rotatable bonds is 8. The number of hydrogen-bond acceptors (Lipinski definition) is 4. The predicted molar refractivity (Wildman–Crippen MR) is 149 cm³/mol. The molecule has 10 heteroatoms. The molecule has 1 aromatic carbocycles. The van der Waals surface area contributed by atoms with Crippen molar-refractivity contribution >= 4 is 26.9 Å². The van der Waals surface area contributed by atoms with Crippen molar-refractivity contribution in [3.8, 4) is 5.69 Å². The van der Waals surface area contributed by atoms with E-state index in [0.717, 1.165) is 5.69 Å². The molecule has 34 heavy (non-hydrogen) atoms. The molecule has 4 N–H and O–H groups in total. The first-order valence-corrected chi connectivity index (χ1v) is 19.5. The molecule has 0 spiro atoms. The van der Waals surface area contributed by atoms with E-state index in [1.165, 1.54) is 0 Å². The van der Waals surface area contributed by atoms with E-state index in [4.69, 9.17) is 9.56 Å². The van der Waals surface area contributed by atoms with Gasteiger partial charge in [0.05, 0.1) is 18.0 Å². The Morgan fingerprint density at radius 2 is 1.56 bits per heavy atom. The summed E-state index contributed by atoms with van der Waals surface area (Å²) < 4.78 is 25.1. The Bertz CT molecular complexity index is 1040. The number of para-hydroxylation sites is 1. The molecule has 0 amide bonds. The Morgan fingerprint density at radius 3 is 2.03 bits per heavy atom. The van der Waals surface area contributed by atoms with Gasteiger partial charge in [0.1, 0.15) is 18.9 Å². The average molecular weight is 527 g/mol. The van der Waals surface area contributed by atoms with Gasteiger partial charge in [-0.05, 0) is 48.3 Å². The second-order valence-electron chi connectivity index (χ2n) is 12.6. The van der Waals surface area contributed by atoms with Crippen molar-refractivity contribution in [1.82, 2.24) is 14.2 Å². The summed E-state index contributed by atoms with van der Waals surface area (Å²) in [5, 5.41) is 22.9. The number of benzene rings is 1. The monoisotopic (exact) mass is 526 g/mol. The van der Waals surface area contributed by atoms with Crippen molar-refractivity contribution in [3.05, 3.63) is 42.1 Å². The van der Waals surface area contributed by atoms with Gasteiger partial charge in [-0.1, -0.05) is 72.8 Å². The van der Waals surface area contributed by atoms with Crippen LogP contribution in [0.15, 0.2) is 41.4 Å². The molecule has 1 atom stereocenters. The molecule has 2 aromatic rings. The summed E-state index contributed by atoms with van der Waals surface area (Å²) >= 11 is 0. The first-order valence-electron chi connectivity index (χ1n) is 11.8. The van der Waals surface area contributed by atoms with Gasteiger partial charge in [0, 0.05) is 10.3 Å². The topological polar surface area (TPSA) is 102 Å². The Balaban J connectivity index is 2.55. The van der Waals surface area contributed by atoms with Crippen molar-refractivity contribution in [2.75, 3.05) is 6.61 Å². The average Bonchev–Trinajstić information content (AvgIpc) is 3.12. The largest absolute Gasteiger partial charge is 0.413 e. The molecule has 0 aliphatic carbocycles. The Morgan fingerprint density at radius 1 is 1.03 bits per heavy atom. The van der Waals surface area contributed by atoms with Crippen LogP contribution in [0.4, 0.5) is 0 Å². The van der Waals surface area contributed by atoms with Gasteiger partial charge in [-0.2, -0.15) is 5.10 Å². The molecule has 0 bridgehead atoms. The fourth-order valence-corrected chi connectivity index (χ4v) is 9.67. The molecule has 0 aliphatic rings. The third-order valence-electron chi connectivity index (χ3n) is 7.43. The highest BCUT2D eigenvalue weighted by molar-refractivity contribution is 8.00. The second kappa shape index (κ2) is 9.38. The van der Waals surface area contributed by atoms with Gasteiger partial charge in [-0.15, -0.1) is 0 Å². The standard InChI is InChI=1S/C24H46N4O3SSi2/c1-22(2,3)33(8,9)27-32(25,30)21-17-20(28(26-21)19-15-13-12-14-16-19)24(7,29)18-31-34(10,11)23(4,5)6/h12-17,29,32H,18H2,1-11H3,(H3,25,27,30). The van der Waals surface area contributed by atoms with E-state index in [2.05, 4.69) is 77.2 Å². The van der Waals surface area contributed by atoms with E-state index < -0.39 is 32.5 Å². The van der Waals surface area contributed by atoms with Gasteiger partial charge in [0.15, 0.2) is 8.32 Å². The van der Waals surface area contributed by atoms with Crippen LogP contribution >= 0.6 is 0 Å². The van der Waals surface area contributed by atoms with E-state index in [1.54, 1.807) is 17.7 Å². The number of hydrogen-bond donors (Lipinski definition) is 4. The van der Waals surface area contributed by atoms with Crippen molar-refractivity contribution in [3.63, 3.8) is 0 Å². The van der Waals surface area contributed by atoms with Crippen LogP contribution in [0.3, 0.4) is 0 Å². The molecule has 1 heterocycles. The Labute approximate surface area is 209 Å². The van der Waals surface area contributed by atoms with Crippen LogP contribution < -0.4 is 9.53 Å². The smallest absolute Gasteiger partial charge is 0.192 e. The lowest BCUT2D eigenvalue weighted by Crippen LogP contribution is -2.59. The molecule has 1 aromatic heterocycles. The van der Waals surface area contributed by atoms with E-state index in [-0.39, 0.29) is 21.7 Å². The number of thiol groups is 1. The molecule has 0 fully saturated rings. The summed E-state index contributed by atoms with van der Waals surface area (Å²) in [5.74, 6) is 0. The maximum atomic E-state index is 13.8. The van der Waals surface area contributed by atoms with E-state index in [1.807, 2.05) is 30.3 Å². The molecule has 0 saturated heterocycles. The molecule has 194 valence electrons. The van der Waals surface area contributed by atoms with Gasteiger partial charge in [-0.25, -0.2) is 4.68 Å². The first-order chi connectivity index (χ1) is 15.1. The van der Waals surface area contributed by atoms with Crippen LogP contribution in [-0.4, -0.2) is 42.3 Å². The minimum atomic E-state index is -3.50. The van der Waals surface area contributed by atoms with E-state index in [9.17, 15) is 9.32 Å². The van der Waals surface area contributed by atoms with Crippen molar-refractivity contribution in [2.24, 2.45) is 5.14 Å². The zero-order valence-electron chi connectivity index (χ0n) is 22.9. The number of aliphatic hydroxyl groups is 1. The molecular weight excluding hydrogens is 481 g/mol. The first kappa shape index (κ1) is 29.1. The highest BCUT2D eigenvalue weighted by Crippen LogP contribution is 2.39. The third kappa shape index (κ3) is 6.34. The summed E-state index contributed by atoms with van der Waals surface area (Å²) in [6.07, 6.45) is 0. The van der Waals surface area contributed by atoms with Gasteiger partial charge in [-0.3, -0.25) is 13.7 Å². The van der Waals surface area contributed by atoms with Crippen LogP contribution in [-0.2, 0) is 20.3 Å². The normalized spacial score (nSPS) is 16.4. The molecular formula is C24H46N4O3SSi2. The van der Waals surface area contributed by atoms with Crippen LogP contribution in [0.25, 0.3) is 5.69 Å². The van der Waals surface area contributed by atoms with Crippen molar-refractivity contribution < 1.29 is 13.7 Å². The van der Waals surface area contributed by atoms with Crippen LogP contribution in [0.2, 0.25) is 36.3 Å². The van der Waals surface area contributed by atoms with Gasteiger partial charge >= 0.3 is 0 Å². The van der Waals surface area contributed by atoms with Crippen LogP contribution in [0.1, 0.15) is 54.2 Å². The quantitative estimate of drug-likeness (QED) is 0.291. The summed E-state index contributed by atoms with van der Waals surface area (Å²) in [6, 6.07) is 11.2. The highest BCUT2D eigenvalue weighted by atomic mass is 32.3. The lowest BCUT2D eigenvalue weighted by molar-refractivity contribution is -0.00292. The molecule has 1 unspecified atom stereocenters. The maximum absolute atomic E-state index is 13.8. The zero-order valence-corrected chi connectivity index (χ0v) is 25.7. The molecule has 0 saturated carbocycles. The van der Waals surface area contributed by atoms with Crippen LogP contribution in [0.5, 0.6) is 0 Å². The predicted octanol–water partition coefficient (Wildman–Crippen LogP) is 4.86. The van der Waals surface area contributed by atoms with Crippen molar-refractivity contribution in [1.29, 1.82) is 0 Å². The lowest BCUT2D eigenvalue weighted by atomic mass is 10.0. The zero-order chi connectivity index (χ0) is 26.4. The molecule has 0 radical (unpaired) electrons. The maximum Gasteiger partial charge on any atom is 0.192 e. The Kier molecular flexibility index (Phi) is 8.03. The number of nitrogens with one attached hydrogen (secondary N) is 1. The third-order valence-corrected chi connectivity index (χ3v) is 20.1. The number of nitrogens with zero attached hydrogens (tertiary/aromatic N) is 2. The van der Waals surface area contributed by atoms with Crippen molar-refractivity contribution in [2.45, 2.75) is 95.4 Å². The van der Waals surface area contributed by atoms with E-state index >= 15 is 0 Å². The molecule has 7 nitrogen and oxygen atoms in total. The molecule has 2 rings (SSSR count).